The monoisotopic (exact) mass is 363 g/mol. The van der Waals surface area contributed by atoms with Crippen LogP contribution in [-0.2, 0) is 19.0 Å². The fourth-order valence-electron chi connectivity index (χ4n) is 3.42. The topological polar surface area (TPSA) is 74.3 Å². The first-order chi connectivity index (χ1) is 12.6. The molecular weight excluding hydrogens is 338 g/mol. The zero-order valence-electron chi connectivity index (χ0n) is 15.3. The number of fused-ring (bicyclic) bond motifs is 1. The number of ether oxygens (including phenoxy) is 4. The Labute approximate surface area is 153 Å². The summed E-state index contributed by atoms with van der Waals surface area (Å²) in [4.78, 5) is 26.9. The lowest BCUT2D eigenvalue weighted by Crippen LogP contribution is -2.58. The number of amides is 1. The van der Waals surface area contributed by atoms with Crippen molar-refractivity contribution in [2.24, 2.45) is 0 Å². The molecule has 0 unspecified atom stereocenters. The highest BCUT2D eigenvalue weighted by atomic mass is 16.5. The molecule has 0 N–H and O–H groups in total. The zero-order valence-corrected chi connectivity index (χ0v) is 15.3. The predicted octanol–water partition coefficient (Wildman–Crippen LogP) is 2.17. The predicted molar refractivity (Wildman–Crippen MR) is 94.7 cm³/mol. The molecular formula is C19H25NO6. The minimum atomic E-state index is -0.876. The molecule has 142 valence electrons. The van der Waals surface area contributed by atoms with Crippen molar-refractivity contribution >= 4 is 17.6 Å². The Bertz CT molecular complexity index is 668. The molecule has 2 aliphatic heterocycles. The number of anilines is 1. The van der Waals surface area contributed by atoms with E-state index in [-0.39, 0.29) is 5.91 Å². The molecule has 0 atom stereocenters. The minimum absolute atomic E-state index is 0.0623. The van der Waals surface area contributed by atoms with Gasteiger partial charge in [-0.25, -0.2) is 4.79 Å². The smallest absolute Gasteiger partial charge is 0.337 e. The Balaban J connectivity index is 1.92. The molecule has 0 bridgehead atoms. The minimum Gasteiger partial charge on any atom is -0.475 e. The molecule has 1 saturated heterocycles. The number of benzene rings is 1. The van der Waals surface area contributed by atoms with Crippen LogP contribution in [0.2, 0.25) is 0 Å². The van der Waals surface area contributed by atoms with E-state index < -0.39 is 11.6 Å². The van der Waals surface area contributed by atoms with Crippen molar-refractivity contribution in [3.8, 4) is 5.75 Å². The molecule has 1 spiro atoms. The molecule has 1 aromatic carbocycles. The summed E-state index contributed by atoms with van der Waals surface area (Å²) >= 11 is 0. The Kier molecular flexibility index (Phi) is 5.78. The van der Waals surface area contributed by atoms with Crippen LogP contribution in [0.25, 0.3) is 0 Å². The zero-order chi connectivity index (χ0) is 18.6. The standard InChI is InChI=1S/C19H25NO6/c1-23-10-4-3-9-20-15-13-14(17(21)24-2)5-6-16(15)26-19(18(20)22)7-11-25-12-8-19/h5-6,13H,3-4,7-12H2,1-2H3. The molecule has 2 heterocycles. The Morgan fingerprint density at radius 2 is 2.00 bits per heavy atom. The molecule has 3 rings (SSSR count). The normalized spacial score (nSPS) is 18.4. The van der Waals surface area contributed by atoms with Gasteiger partial charge in [0, 0.05) is 33.1 Å². The van der Waals surface area contributed by atoms with Gasteiger partial charge in [0.25, 0.3) is 5.91 Å². The van der Waals surface area contributed by atoms with Crippen molar-refractivity contribution in [3.05, 3.63) is 23.8 Å². The third-order valence-electron chi connectivity index (χ3n) is 4.89. The second kappa shape index (κ2) is 8.05. The molecule has 7 heteroatoms. The number of carbonyl (C=O) groups excluding carboxylic acids is 2. The number of unbranched alkanes of at least 4 members (excludes halogenated alkanes) is 1. The van der Waals surface area contributed by atoms with Gasteiger partial charge in [0.1, 0.15) is 5.75 Å². The largest absolute Gasteiger partial charge is 0.475 e. The van der Waals surface area contributed by atoms with Gasteiger partial charge in [-0.05, 0) is 31.0 Å². The molecule has 0 radical (unpaired) electrons. The Hall–Kier alpha value is -2.12. The quantitative estimate of drug-likeness (QED) is 0.570. The van der Waals surface area contributed by atoms with Crippen molar-refractivity contribution in [2.45, 2.75) is 31.3 Å². The first-order valence-corrected chi connectivity index (χ1v) is 8.91. The van der Waals surface area contributed by atoms with Gasteiger partial charge < -0.3 is 23.8 Å². The fourth-order valence-corrected chi connectivity index (χ4v) is 3.42. The summed E-state index contributed by atoms with van der Waals surface area (Å²) in [6.45, 7) is 2.19. The molecule has 0 saturated carbocycles. The molecule has 7 nitrogen and oxygen atoms in total. The van der Waals surface area contributed by atoms with E-state index in [1.165, 1.54) is 7.11 Å². The molecule has 2 aliphatic rings. The molecule has 0 aromatic heterocycles. The summed E-state index contributed by atoms with van der Waals surface area (Å²) in [5.41, 5.74) is 0.138. The van der Waals surface area contributed by atoms with Crippen LogP contribution in [0.1, 0.15) is 36.0 Å². The van der Waals surface area contributed by atoms with E-state index in [2.05, 4.69) is 0 Å². The Morgan fingerprint density at radius 1 is 1.23 bits per heavy atom. The summed E-state index contributed by atoms with van der Waals surface area (Å²) in [7, 11) is 3.00. The molecule has 1 amide bonds. The van der Waals surface area contributed by atoms with Crippen molar-refractivity contribution < 1.29 is 28.5 Å². The number of methoxy groups -OCH3 is 2. The molecule has 0 aliphatic carbocycles. The maximum atomic E-state index is 13.3. The van der Waals surface area contributed by atoms with Gasteiger partial charge >= 0.3 is 5.97 Å². The van der Waals surface area contributed by atoms with Gasteiger partial charge in [-0.2, -0.15) is 0 Å². The summed E-state index contributed by atoms with van der Waals surface area (Å²) in [6, 6.07) is 5.07. The third-order valence-corrected chi connectivity index (χ3v) is 4.89. The number of esters is 1. The van der Waals surface area contributed by atoms with E-state index in [1.807, 2.05) is 0 Å². The first kappa shape index (κ1) is 18.7. The highest BCUT2D eigenvalue weighted by Crippen LogP contribution is 2.42. The number of nitrogens with zero attached hydrogens (tertiary/aromatic N) is 1. The van der Waals surface area contributed by atoms with Crippen LogP contribution >= 0.6 is 0 Å². The van der Waals surface area contributed by atoms with E-state index in [9.17, 15) is 9.59 Å². The van der Waals surface area contributed by atoms with E-state index in [4.69, 9.17) is 18.9 Å². The van der Waals surface area contributed by atoms with Crippen LogP contribution in [0, 0.1) is 0 Å². The maximum Gasteiger partial charge on any atom is 0.337 e. The van der Waals surface area contributed by atoms with Gasteiger partial charge in [0.15, 0.2) is 5.60 Å². The van der Waals surface area contributed by atoms with Crippen LogP contribution in [-0.4, -0.2) is 58.1 Å². The van der Waals surface area contributed by atoms with Gasteiger partial charge in [0.05, 0.1) is 31.6 Å². The van der Waals surface area contributed by atoms with E-state index in [0.717, 1.165) is 12.8 Å². The SMILES string of the molecule is COCCCCN1C(=O)C2(CCOCC2)Oc2ccc(C(=O)OC)cc21. The Morgan fingerprint density at radius 3 is 2.69 bits per heavy atom. The lowest BCUT2D eigenvalue weighted by atomic mass is 9.90. The average molecular weight is 363 g/mol. The second-order valence-corrected chi connectivity index (χ2v) is 6.54. The first-order valence-electron chi connectivity index (χ1n) is 8.91. The fraction of sp³-hybridized carbons (Fsp3) is 0.579. The van der Waals surface area contributed by atoms with Gasteiger partial charge in [-0.1, -0.05) is 0 Å². The van der Waals surface area contributed by atoms with E-state index in [1.54, 1.807) is 30.2 Å². The van der Waals surface area contributed by atoms with Crippen molar-refractivity contribution in [3.63, 3.8) is 0 Å². The van der Waals surface area contributed by atoms with Crippen LogP contribution in [0.4, 0.5) is 5.69 Å². The number of carbonyl (C=O) groups is 2. The van der Waals surface area contributed by atoms with E-state index in [0.29, 0.717) is 56.2 Å². The molecule has 1 fully saturated rings. The van der Waals surface area contributed by atoms with Crippen LogP contribution in [0.3, 0.4) is 0 Å². The maximum absolute atomic E-state index is 13.3. The van der Waals surface area contributed by atoms with Crippen molar-refractivity contribution in [1.29, 1.82) is 0 Å². The summed E-state index contributed by atoms with van der Waals surface area (Å²) < 4.78 is 21.5. The van der Waals surface area contributed by atoms with Gasteiger partial charge in [-0.15, -0.1) is 0 Å². The number of hydrogen-bond acceptors (Lipinski definition) is 6. The highest BCUT2D eigenvalue weighted by Gasteiger charge is 2.49. The van der Waals surface area contributed by atoms with Crippen molar-refractivity contribution in [2.75, 3.05) is 45.5 Å². The highest BCUT2D eigenvalue weighted by molar-refractivity contribution is 6.04. The summed E-state index contributed by atoms with van der Waals surface area (Å²) in [6.07, 6.45) is 2.70. The number of hydrogen-bond donors (Lipinski definition) is 0. The lowest BCUT2D eigenvalue weighted by molar-refractivity contribution is -0.144. The van der Waals surface area contributed by atoms with Crippen LogP contribution in [0.15, 0.2) is 18.2 Å². The van der Waals surface area contributed by atoms with Crippen molar-refractivity contribution in [1.82, 2.24) is 0 Å². The van der Waals surface area contributed by atoms with Crippen LogP contribution in [0.5, 0.6) is 5.75 Å². The average Bonchev–Trinajstić information content (AvgIpc) is 2.67. The summed E-state index contributed by atoms with van der Waals surface area (Å²) in [5, 5.41) is 0. The third kappa shape index (κ3) is 3.54. The van der Waals surface area contributed by atoms with Crippen LogP contribution < -0.4 is 9.64 Å². The molecule has 26 heavy (non-hydrogen) atoms. The van der Waals surface area contributed by atoms with Gasteiger partial charge in [0.2, 0.25) is 0 Å². The molecule has 1 aromatic rings. The van der Waals surface area contributed by atoms with Gasteiger partial charge in [-0.3, -0.25) is 4.79 Å². The second-order valence-electron chi connectivity index (χ2n) is 6.54. The summed E-state index contributed by atoms with van der Waals surface area (Å²) in [5.74, 6) is 0.115. The lowest BCUT2D eigenvalue weighted by Gasteiger charge is -2.44. The van der Waals surface area contributed by atoms with E-state index >= 15 is 0 Å². The number of rotatable bonds is 6.